The second kappa shape index (κ2) is 6.55. The van der Waals surface area contributed by atoms with Crippen molar-refractivity contribution in [2.45, 2.75) is 13.0 Å². The Bertz CT molecular complexity index is 632. The van der Waals surface area contributed by atoms with E-state index in [2.05, 4.69) is 20.8 Å². The topological polar surface area (TPSA) is 114 Å². The summed E-state index contributed by atoms with van der Waals surface area (Å²) < 4.78 is 2.93. The second-order valence-electron chi connectivity index (χ2n) is 4.43. The van der Waals surface area contributed by atoms with Crippen LogP contribution in [0.15, 0.2) is 24.7 Å². The third-order valence-electron chi connectivity index (χ3n) is 2.62. The lowest BCUT2D eigenvalue weighted by Crippen LogP contribution is -2.30. The monoisotopic (exact) mass is 292 g/mol. The van der Waals surface area contributed by atoms with Gasteiger partial charge in [0.25, 0.3) is 0 Å². The molecule has 0 radical (unpaired) electrons. The van der Waals surface area contributed by atoms with Gasteiger partial charge >= 0.3 is 12.0 Å². The van der Waals surface area contributed by atoms with Crippen molar-refractivity contribution < 1.29 is 14.7 Å². The minimum absolute atomic E-state index is 0.247. The van der Waals surface area contributed by atoms with Gasteiger partial charge in [-0.3, -0.25) is 14.2 Å². The highest BCUT2D eigenvalue weighted by Gasteiger charge is 2.06. The van der Waals surface area contributed by atoms with Gasteiger partial charge in [0.15, 0.2) is 0 Å². The maximum absolute atomic E-state index is 11.6. The third-order valence-corrected chi connectivity index (χ3v) is 2.62. The summed E-state index contributed by atoms with van der Waals surface area (Å²) in [6.07, 6.45) is 5.31. The van der Waals surface area contributed by atoms with Crippen LogP contribution in [0.5, 0.6) is 0 Å². The number of urea groups is 1. The van der Waals surface area contributed by atoms with Gasteiger partial charge in [-0.05, 0) is 6.07 Å². The smallest absolute Gasteiger partial charge is 0.325 e. The Balaban J connectivity index is 1.74. The average Bonchev–Trinajstić information content (AvgIpc) is 2.98. The first-order valence-corrected chi connectivity index (χ1v) is 6.30. The number of carbonyl (C=O) groups excluding carboxylic acids is 1. The summed E-state index contributed by atoms with van der Waals surface area (Å²) in [5.74, 6) is -0.996. The highest BCUT2D eigenvalue weighted by Crippen LogP contribution is 2.04. The lowest BCUT2D eigenvalue weighted by atomic mass is 10.3. The maximum Gasteiger partial charge on any atom is 0.325 e. The van der Waals surface area contributed by atoms with Crippen LogP contribution in [0.25, 0.3) is 0 Å². The minimum atomic E-state index is -0.996. The Morgan fingerprint density at radius 2 is 2.24 bits per heavy atom. The van der Waals surface area contributed by atoms with E-state index in [1.54, 1.807) is 4.68 Å². The van der Waals surface area contributed by atoms with E-state index in [1.165, 1.54) is 17.1 Å². The average molecular weight is 292 g/mol. The quantitative estimate of drug-likeness (QED) is 0.697. The normalized spacial score (nSPS) is 10.3. The first kappa shape index (κ1) is 14.6. The zero-order valence-corrected chi connectivity index (χ0v) is 11.5. The molecule has 0 aliphatic rings. The molecule has 2 aromatic heterocycles. The van der Waals surface area contributed by atoms with Crippen LogP contribution in [0.1, 0.15) is 5.69 Å². The minimum Gasteiger partial charge on any atom is -0.480 e. The van der Waals surface area contributed by atoms with Crippen LogP contribution in [-0.4, -0.2) is 43.2 Å². The Labute approximate surface area is 120 Å². The van der Waals surface area contributed by atoms with E-state index < -0.39 is 5.97 Å². The number of hydrogen-bond acceptors (Lipinski definition) is 4. The molecule has 2 heterocycles. The van der Waals surface area contributed by atoms with Crippen LogP contribution in [0.2, 0.25) is 0 Å². The fourth-order valence-corrected chi connectivity index (χ4v) is 1.73. The van der Waals surface area contributed by atoms with Crippen molar-refractivity contribution in [3.05, 3.63) is 30.4 Å². The zero-order valence-electron chi connectivity index (χ0n) is 11.5. The molecule has 0 saturated carbocycles. The Morgan fingerprint density at radius 3 is 2.90 bits per heavy atom. The summed E-state index contributed by atoms with van der Waals surface area (Å²) >= 11 is 0. The van der Waals surface area contributed by atoms with E-state index in [0.29, 0.717) is 18.7 Å². The molecule has 2 amide bonds. The summed E-state index contributed by atoms with van der Waals surface area (Å²) in [5.41, 5.74) is 1.33. The number of amides is 2. The first-order chi connectivity index (χ1) is 10.0. The summed E-state index contributed by atoms with van der Waals surface area (Å²) in [4.78, 5) is 22.1. The number of rotatable bonds is 6. The highest BCUT2D eigenvalue weighted by molar-refractivity contribution is 5.88. The van der Waals surface area contributed by atoms with Crippen molar-refractivity contribution in [2.75, 3.05) is 11.9 Å². The van der Waals surface area contributed by atoms with Crippen molar-refractivity contribution in [3.8, 4) is 0 Å². The fraction of sp³-hybridized carbons (Fsp3) is 0.333. The van der Waals surface area contributed by atoms with Gasteiger partial charge in [0.2, 0.25) is 0 Å². The molecule has 0 saturated heterocycles. The molecule has 21 heavy (non-hydrogen) atoms. The van der Waals surface area contributed by atoms with Crippen molar-refractivity contribution in [2.24, 2.45) is 7.05 Å². The number of aliphatic carboxylic acids is 1. The number of anilines is 1. The number of aryl methyl sites for hydroxylation is 1. The first-order valence-electron chi connectivity index (χ1n) is 6.30. The third kappa shape index (κ3) is 4.64. The number of carbonyl (C=O) groups is 2. The van der Waals surface area contributed by atoms with Gasteiger partial charge in [-0.15, -0.1) is 0 Å². The van der Waals surface area contributed by atoms with Crippen molar-refractivity contribution >= 4 is 17.7 Å². The molecule has 112 valence electrons. The van der Waals surface area contributed by atoms with E-state index >= 15 is 0 Å². The largest absolute Gasteiger partial charge is 0.480 e. The SMILES string of the molecule is Cn1ccc(CCNC(=O)Nc2cnn(CC(=O)O)c2)n1. The van der Waals surface area contributed by atoms with Gasteiger partial charge < -0.3 is 15.7 Å². The molecule has 3 N–H and O–H groups in total. The van der Waals surface area contributed by atoms with E-state index in [0.717, 1.165) is 5.69 Å². The number of nitrogens with zero attached hydrogens (tertiary/aromatic N) is 4. The molecular formula is C12H16N6O3. The van der Waals surface area contributed by atoms with Gasteiger partial charge in [0.1, 0.15) is 6.54 Å². The Hall–Kier alpha value is -2.84. The van der Waals surface area contributed by atoms with E-state index in [1.807, 2.05) is 19.3 Å². The van der Waals surface area contributed by atoms with Crippen LogP contribution in [0, 0.1) is 0 Å². The molecule has 0 aliphatic heterocycles. The number of nitrogens with one attached hydrogen (secondary N) is 2. The van der Waals surface area contributed by atoms with Crippen LogP contribution in [-0.2, 0) is 24.8 Å². The highest BCUT2D eigenvalue weighted by atomic mass is 16.4. The van der Waals surface area contributed by atoms with E-state index in [9.17, 15) is 9.59 Å². The molecule has 9 nitrogen and oxygen atoms in total. The van der Waals surface area contributed by atoms with E-state index in [-0.39, 0.29) is 12.6 Å². The predicted molar refractivity (Wildman–Crippen MR) is 73.8 cm³/mol. The van der Waals surface area contributed by atoms with Crippen LogP contribution in [0.4, 0.5) is 10.5 Å². The maximum atomic E-state index is 11.6. The van der Waals surface area contributed by atoms with Gasteiger partial charge in [-0.1, -0.05) is 0 Å². The summed E-state index contributed by atoms with van der Waals surface area (Å²) in [6, 6.07) is 1.51. The van der Waals surface area contributed by atoms with Crippen LogP contribution < -0.4 is 10.6 Å². The fourth-order valence-electron chi connectivity index (χ4n) is 1.73. The van der Waals surface area contributed by atoms with Crippen molar-refractivity contribution in [1.29, 1.82) is 0 Å². The number of hydrogen-bond donors (Lipinski definition) is 3. The molecule has 2 aromatic rings. The predicted octanol–water partition coefficient (Wildman–Crippen LogP) is 0.0654. The summed E-state index contributed by atoms with van der Waals surface area (Å²) in [7, 11) is 1.83. The Kier molecular flexibility index (Phi) is 4.54. The van der Waals surface area contributed by atoms with Crippen molar-refractivity contribution in [3.63, 3.8) is 0 Å². The molecule has 0 atom stereocenters. The van der Waals surface area contributed by atoms with Crippen LogP contribution in [0.3, 0.4) is 0 Å². The molecule has 0 bridgehead atoms. The zero-order chi connectivity index (χ0) is 15.2. The second-order valence-corrected chi connectivity index (χ2v) is 4.43. The molecule has 0 unspecified atom stereocenters. The van der Waals surface area contributed by atoms with E-state index in [4.69, 9.17) is 5.11 Å². The lowest BCUT2D eigenvalue weighted by Gasteiger charge is -2.04. The van der Waals surface area contributed by atoms with Crippen LogP contribution >= 0.6 is 0 Å². The standard InChI is InChI=1S/C12H16N6O3/c1-17-5-3-9(16-17)2-4-13-12(21)15-10-6-14-18(7-10)8-11(19)20/h3,5-7H,2,4,8H2,1H3,(H,19,20)(H2,13,15,21). The summed E-state index contributed by atoms with van der Waals surface area (Å²) in [5, 5.41) is 21.9. The molecular weight excluding hydrogens is 276 g/mol. The summed E-state index contributed by atoms with van der Waals surface area (Å²) in [6.45, 7) is 0.203. The molecule has 9 heteroatoms. The van der Waals surface area contributed by atoms with Crippen molar-refractivity contribution in [1.82, 2.24) is 24.9 Å². The molecule has 0 spiro atoms. The molecule has 2 rings (SSSR count). The van der Waals surface area contributed by atoms with Gasteiger partial charge in [0.05, 0.1) is 17.6 Å². The number of carboxylic acids is 1. The Morgan fingerprint density at radius 1 is 1.43 bits per heavy atom. The molecule has 0 fully saturated rings. The van der Waals surface area contributed by atoms with Gasteiger partial charge in [-0.25, -0.2) is 4.79 Å². The number of carboxylic acid groups (broad SMARTS) is 1. The lowest BCUT2D eigenvalue weighted by molar-refractivity contribution is -0.137. The van der Waals surface area contributed by atoms with Gasteiger partial charge in [0, 0.05) is 32.4 Å². The number of aromatic nitrogens is 4. The van der Waals surface area contributed by atoms with Gasteiger partial charge in [-0.2, -0.15) is 10.2 Å². The molecule has 0 aromatic carbocycles. The molecule has 0 aliphatic carbocycles.